The first-order valence-corrected chi connectivity index (χ1v) is 11.2. The van der Waals surface area contributed by atoms with Crippen molar-refractivity contribution in [2.75, 3.05) is 37.1 Å². The monoisotopic (exact) mass is 417 g/mol. The summed E-state index contributed by atoms with van der Waals surface area (Å²) < 4.78 is 31.6. The topological polar surface area (TPSA) is 102 Å². The molecule has 1 aromatic carbocycles. The zero-order chi connectivity index (χ0) is 20.2. The van der Waals surface area contributed by atoms with Crippen LogP contribution in [0.3, 0.4) is 0 Å². The number of methoxy groups -OCH3 is 1. The van der Waals surface area contributed by atoms with Gasteiger partial charge >= 0.3 is 0 Å². The van der Waals surface area contributed by atoms with Gasteiger partial charge in [0, 0.05) is 31.6 Å². The van der Waals surface area contributed by atoms with Gasteiger partial charge in [-0.25, -0.2) is 13.1 Å². The van der Waals surface area contributed by atoms with Gasteiger partial charge in [0.1, 0.15) is 12.0 Å². The Balaban J connectivity index is 2.29. The molecule has 2 rings (SSSR count). The number of rotatable bonds is 8. The molecule has 3 N–H and O–H groups in total. The van der Waals surface area contributed by atoms with Crippen LogP contribution in [-0.4, -0.2) is 47.2 Å². The first-order chi connectivity index (χ1) is 12.7. The van der Waals surface area contributed by atoms with Crippen molar-refractivity contribution >= 4 is 39.3 Å². The number of hydrogen-bond acceptors (Lipinski definition) is 6. The van der Waals surface area contributed by atoms with Gasteiger partial charge in [0.15, 0.2) is 0 Å². The summed E-state index contributed by atoms with van der Waals surface area (Å²) in [6.45, 7) is 3.27. The summed E-state index contributed by atoms with van der Waals surface area (Å²) >= 11 is 6.21. The Kier molecular flexibility index (Phi) is 7.36. The molecule has 0 aliphatic carbocycles. The highest BCUT2D eigenvalue weighted by molar-refractivity contribution is 7.88. The second kappa shape index (κ2) is 9.12. The third-order valence-electron chi connectivity index (χ3n) is 5.14. The molecule has 1 aliphatic heterocycles. The summed E-state index contributed by atoms with van der Waals surface area (Å²) in [4.78, 5) is 13.0. The van der Waals surface area contributed by atoms with Gasteiger partial charge in [-0.05, 0) is 37.7 Å². The summed E-state index contributed by atoms with van der Waals surface area (Å²) in [5.41, 5.74) is 7.16. The second-order valence-electron chi connectivity index (χ2n) is 7.13. The SMILES string of the molecule is COc1cc(N)c(Cl)cc1N1CCC(CCC=O)C(C(C)NS(C)(=O)=O)C1. The maximum atomic E-state index is 11.7. The number of nitrogens with two attached hydrogens (primary N) is 1. The Bertz CT molecular complexity index is 772. The third-order valence-corrected chi connectivity index (χ3v) is 6.27. The zero-order valence-electron chi connectivity index (χ0n) is 15.9. The summed E-state index contributed by atoms with van der Waals surface area (Å²) in [7, 11) is -1.75. The number of carbonyl (C=O) groups excluding carboxylic acids is 1. The predicted octanol–water partition coefficient (Wildman–Crippen LogP) is 2.29. The average Bonchev–Trinajstić information content (AvgIpc) is 2.60. The van der Waals surface area contributed by atoms with E-state index in [4.69, 9.17) is 22.1 Å². The standard InChI is InChI=1S/C18H28ClN3O4S/c1-12(21-27(3,24)25)14-11-22(7-6-13(14)5-4-8-23)17-9-15(19)16(20)10-18(17)26-2/h8-10,12-14,21H,4-7,11,20H2,1-3H3. The molecule has 0 spiro atoms. The van der Waals surface area contributed by atoms with Crippen molar-refractivity contribution < 1.29 is 17.9 Å². The quantitative estimate of drug-likeness (QED) is 0.497. The van der Waals surface area contributed by atoms with Crippen LogP contribution >= 0.6 is 11.6 Å². The molecule has 0 saturated carbocycles. The fraction of sp³-hybridized carbons (Fsp3) is 0.611. The number of anilines is 2. The highest BCUT2D eigenvalue weighted by Crippen LogP contribution is 2.39. The van der Waals surface area contributed by atoms with Crippen LogP contribution in [-0.2, 0) is 14.8 Å². The third kappa shape index (κ3) is 5.73. The molecule has 1 saturated heterocycles. The first kappa shape index (κ1) is 21.8. The Hall–Kier alpha value is -1.51. The maximum Gasteiger partial charge on any atom is 0.208 e. The van der Waals surface area contributed by atoms with Gasteiger partial charge in [-0.3, -0.25) is 0 Å². The molecule has 27 heavy (non-hydrogen) atoms. The number of sulfonamides is 1. The van der Waals surface area contributed by atoms with Gasteiger partial charge in [0.25, 0.3) is 0 Å². The van der Waals surface area contributed by atoms with E-state index in [1.165, 1.54) is 0 Å². The number of carbonyl (C=O) groups is 1. The van der Waals surface area contributed by atoms with Gasteiger partial charge in [0.2, 0.25) is 10.0 Å². The molecule has 3 atom stereocenters. The van der Waals surface area contributed by atoms with E-state index >= 15 is 0 Å². The van der Waals surface area contributed by atoms with Crippen molar-refractivity contribution in [3.63, 3.8) is 0 Å². The normalized spacial score (nSPS) is 21.7. The molecule has 1 aromatic rings. The van der Waals surface area contributed by atoms with Crippen molar-refractivity contribution in [1.29, 1.82) is 0 Å². The lowest BCUT2D eigenvalue weighted by atomic mass is 9.78. The van der Waals surface area contributed by atoms with Crippen molar-refractivity contribution in [2.45, 2.75) is 32.2 Å². The minimum atomic E-state index is -3.32. The minimum Gasteiger partial charge on any atom is -0.495 e. The first-order valence-electron chi connectivity index (χ1n) is 8.95. The number of piperidine rings is 1. The minimum absolute atomic E-state index is 0.0504. The number of ether oxygens (including phenoxy) is 1. The highest BCUT2D eigenvalue weighted by atomic mass is 35.5. The number of aldehydes is 1. The number of nitrogens with one attached hydrogen (secondary N) is 1. The molecule has 1 fully saturated rings. The summed E-state index contributed by atoms with van der Waals surface area (Å²) in [6.07, 6.45) is 4.15. The van der Waals surface area contributed by atoms with Crippen LogP contribution in [0.1, 0.15) is 26.2 Å². The summed E-state index contributed by atoms with van der Waals surface area (Å²) in [6, 6.07) is 3.23. The molecule has 0 amide bonds. The Morgan fingerprint density at radius 2 is 2.19 bits per heavy atom. The molecule has 1 heterocycles. The van der Waals surface area contributed by atoms with E-state index in [-0.39, 0.29) is 17.9 Å². The average molecular weight is 418 g/mol. The lowest BCUT2D eigenvalue weighted by molar-refractivity contribution is -0.108. The molecule has 0 aromatic heterocycles. The summed E-state index contributed by atoms with van der Waals surface area (Å²) in [5, 5.41) is 0.452. The Morgan fingerprint density at radius 1 is 1.48 bits per heavy atom. The lowest BCUT2D eigenvalue weighted by Crippen LogP contribution is -2.50. The van der Waals surface area contributed by atoms with Gasteiger partial charge in [-0.2, -0.15) is 0 Å². The van der Waals surface area contributed by atoms with Crippen molar-refractivity contribution in [3.05, 3.63) is 17.2 Å². The molecule has 9 heteroatoms. The number of nitrogen functional groups attached to an aromatic ring is 1. The summed E-state index contributed by atoms with van der Waals surface area (Å²) in [5.74, 6) is 0.936. The number of nitrogens with zero attached hydrogens (tertiary/aromatic N) is 1. The molecular formula is C18H28ClN3O4S. The zero-order valence-corrected chi connectivity index (χ0v) is 17.5. The van der Waals surface area contributed by atoms with Crippen LogP contribution in [0.25, 0.3) is 0 Å². The van der Waals surface area contributed by atoms with Crippen LogP contribution < -0.4 is 20.1 Å². The largest absolute Gasteiger partial charge is 0.495 e. The molecule has 0 radical (unpaired) electrons. The van der Waals surface area contributed by atoms with E-state index in [1.807, 2.05) is 6.92 Å². The lowest BCUT2D eigenvalue weighted by Gasteiger charge is -2.42. The van der Waals surface area contributed by atoms with Crippen molar-refractivity contribution in [2.24, 2.45) is 11.8 Å². The molecule has 7 nitrogen and oxygen atoms in total. The molecule has 1 aliphatic rings. The molecule has 0 bridgehead atoms. The van der Waals surface area contributed by atoms with Crippen LogP contribution in [0.2, 0.25) is 5.02 Å². The number of benzene rings is 1. The van der Waals surface area contributed by atoms with Gasteiger partial charge in [-0.15, -0.1) is 0 Å². The van der Waals surface area contributed by atoms with E-state index in [0.717, 1.165) is 37.6 Å². The smallest absolute Gasteiger partial charge is 0.208 e. The van der Waals surface area contributed by atoms with Crippen LogP contribution in [0.15, 0.2) is 12.1 Å². The van der Waals surface area contributed by atoms with Crippen molar-refractivity contribution in [1.82, 2.24) is 4.72 Å². The number of halogens is 1. The van der Waals surface area contributed by atoms with E-state index < -0.39 is 10.0 Å². The van der Waals surface area contributed by atoms with E-state index in [2.05, 4.69) is 9.62 Å². The van der Waals surface area contributed by atoms with Crippen LogP contribution in [0, 0.1) is 11.8 Å². The van der Waals surface area contributed by atoms with Gasteiger partial charge in [-0.1, -0.05) is 11.6 Å². The second-order valence-corrected chi connectivity index (χ2v) is 9.31. The van der Waals surface area contributed by atoms with Crippen molar-refractivity contribution in [3.8, 4) is 5.75 Å². The fourth-order valence-electron chi connectivity index (χ4n) is 3.85. The van der Waals surface area contributed by atoms with E-state index in [0.29, 0.717) is 29.4 Å². The molecule has 152 valence electrons. The van der Waals surface area contributed by atoms with E-state index in [9.17, 15) is 13.2 Å². The van der Waals surface area contributed by atoms with E-state index in [1.54, 1.807) is 19.2 Å². The predicted molar refractivity (Wildman–Crippen MR) is 109 cm³/mol. The Morgan fingerprint density at radius 3 is 2.78 bits per heavy atom. The maximum absolute atomic E-state index is 11.7. The highest BCUT2D eigenvalue weighted by Gasteiger charge is 2.34. The van der Waals surface area contributed by atoms with Crippen LogP contribution in [0.4, 0.5) is 11.4 Å². The Labute approximate surface area is 166 Å². The number of hydrogen-bond donors (Lipinski definition) is 2. The molecule has 3 unspecified atom stereocenters. The van der Waals surface area contributed by atoms with Gasteiger partial charge in [0.05, 0.1) is 29.8 Å². The van der Waals surface area contributed by atoms with Crippen LogP contribution in [0.5, 0.6) is 5.75 Å². The van der Waals surface area contributed by atoms with Gasteiger partial charge < -0.3 is 20.2 Å². The fourth-order valence-corrected chi connectivity index (χ4v) is 4.86. The molecular weight excluding hydrogens is 390 g/mol.